The first-order valence-electron chi connectivity index (χ1n) is 9.23. The van der Waals surface area contributed by atoms with Crippen LogP contribution in [0.4, 0.5) is 11.4 Å². The van der Waals surface area contributed by atoms with Crippen LogP contribution in [0.25, 0.3) is 0 Å². The second kappa shape index (κ2) is 8.49. The minimum absolute atomic E-state index is 0.00351. The van der Waals surface area contributed by atoms with Gasteiger partial charge in [0, 0.05) is 5.69 Å². The van der Waals surface area contributed by atoms with Crippen molar-refractivity contribution in [3.05, 3.63) is 69.9 Å². The fourth-order valence-corrected chi connectivity index (χ4v) is 3.04. The van der Waals surface area contributed by atoms with Crippen molar-refractivity contribution in [3.63, 3.8) is 0 Å². The predicted molar refractivity (Wildman–Crippen MR) is 112 cm³/mol. The first-order chi connectivity index (χ1) is 13.8. The average Bonchev–Trinajstić information content (AvgIpc) is 2.92. The first kappa shape index (κ1) is 20.6. The lowest BCUT2D eigenvalue weighted by Crippen LogP contribution is -2.32. The highest BCUT2D eigenvalue weighted by Gasteiger charge is 2.39. The van der Waals surface area contributed by atoms with Gasteiger partial charge in [0.2, 0.25) is 0 Å². The molecule has 1 aliphatic heterocycles. The van der Waals surface area contributed by atoms with Crippen LogP contribution in [0, 0.1) is 13.8 Å². The zero-order valence-corrected chi connectivity index (χ0v) is 17.2. The van der Waals surface area contributed by atoms with E-state index >= 15 is 0 Å². The number of anilines is 2. The number of aryl methyl sites for hydroxylation is 2. The zero-order chi connectivity index (χ0) is 21.1. The number of nitrogens with zero attached hydrogens (tertiary/aromatic N) is 1. The molecule has 6 nitrogen and oxygen atoms in total. The van der Waals surface area contributed by atoms with Gasteiger partial charge in [-0.3, -0.25) is 9.59 Å². The van der Waals surface area contributed by atoms with E-state index in [-0.39, 0.29) is 10.7 Å². The van der Waals surface area contributed by atoms with E-state index in [2.05, 4.69) is 5.32 Å². The molecule has 3 rings (SSSR count). The third kappa shape index (κ3) is 4.17. The summed E-state index contributed by atoms with van der Waals surface area (Å²) in [4.78, 5) is 38.3. The molecule has 0 fully saturated rings. The largest absolute Gasteiger partial charge is 0.462 e. The second-order valence-corrected chi connectivity index (χ2v) is 7.12. The number of amides is 2. The summed E-state index contributed by atoms with van der Waals surface area (Å²) in [5.41, 5.74) is 3.40. The molecule has 150 valence electrons. The van der Waals surface area contributed by atoms with E-state index in [1.165, 1.54) is 0 Å². The summed E-state index contributed by atoms with van der Waals surface area (Å²) < 4.78 is 5.08. The number of rotatable bonds is 6. The SMILES string of the molecule is CCCOC(=O)c1ccc(NC2=C(Cl)C(=O)N(c3ccc(C)c(C)c3)C2=O)cc1. The minimum atomic E-state index is -0.581. The molecular formula is C22H21ClN2O4. The van der Waals surface area contributed by atoms with Crippen LogP contribution < -0.4 is 10.2 Å². The Morgan fingerprint density at radius 1 is 1.03 bits per heavy atom. The summed E-state index contributed by atoms with van der Waals surface area (Å²) in [5.74, 6) is -1.53. The number of carbonyl (C=O) groups excluding carboxylic acids is 3. The van der Waals surface area contributed by atoms with Gasteiger partial charge in [-0.25, -0.2) is 9.69 Å². The molecule has 0 bridgehead atoms. The van der Waals surface area contributed by atoms with E-state index in [1.807, 2.05) is 26.8 Å². The highest BCUT2D eigenvalue weighted by Crippen LogP contribution is 2.31. The van der Waals surface area contributed by atoms with Gasteiger partial charge in [0.15, 0.2) is 0 Å². The van der Waals surface area contributed by atoms with Crippen molar-refractivity contribution < 1.29 is 19.1 Å². The molecule has 2 aromatic rings. The smallest absolute Gasteiger partial charge is 0.338 e. The van der Waals surface area contributed by atoms with Crippen LogP contribution in [0.3, 0.4) is 0 Å². The van der Waals surface area contributed by atoms with Gasteiger partial charge in [-0.1, -0.05) is 24.6 Å². The maximum atomic E-state index is 12.8. The van der Waals surface area contributed by atoms with Gasteiger partial charge in [0.25, 0.3) is 11.8 Å². The maximum absolute atomic E-state index is 12.8. The first-order valence-corrected chi connectivity index (χ1v) is 9.61. The molecule has 0 unspecified atom stereocenters. The second-order valence-electron chi connectivity index (χ2n) is 6.74. The third-order valence-electron chi connectivity index (χ3n) is 4.60. The Kier molecular flexibility index (Phi) is 6.03. The van der Waals surface area contributed by atoms with Gasteiger partial charge < -0.3 is 10.1 Å². The average molecular weight is 413 g/mol. The fourth-order valence-electron chi connectivity index (χ4n) is 2.82. The Bertz CT molecular complexity index is 1010. The molecule has 2 aromatic carbocycles. The van der Waals surface area contributed by atoms with E-state index in [9.17, 15) is 14.4 Å². The van der Waals surface area contributed by atoms with Crippen LogP contribution in [0.15, 0.2) is 53.2 Å². The van der Waals surface area contributed by atoms with Crippen molar-refractivity contribution in [1.29, 1.82) is 0 Å². The number of hydrogen-bond donors (Lipinski definition) is 1. The van der Waals surface area contributed by atoms with Crippen molar-refractivity contribution in [2.24, 2.45) is 0 Å². The number of carbonyl (C=O) groups is 3. The van der Waals surface area contributed by atoms with E-state index in [0.717, 1.165) is 22.4 Å². The summed E-state index contributed by atoms with van der Waals surface area (Å²) in [7, 11) is 0. The standard InChI is InChI=1S/C22H21ClN2O4/c1-4-11-29-22(28)15-6-8-16(9-7-15)24-19-18(23)20(26)25(21(19)27)17-10-5-13(2)14(3)12-17/h5-10,12,24H,4,11H2,1-3H3. The van der Waals surface area contributed by atoms with Crippen molar-refractivity contribution >= 4 is 40.8 Å². The van der Waals surface area contributed by atoms with Gasteiger partial charge in [0.05, 0.1) is 17.9 Å². The number of benzene rings is 2. The maximum Gasteiger partial charge on any atom is 0.338 e. The molecule has 0 atom stereocenters. The lowest BCUT2D eigenvalue weighted by Gasteiger charge is -2.16. The van der Waals surface area contributed by atoms with Gasteiger partial charge in [0.1, 0.15) is 10.7 Å². The molecule has 0 aliphatic carbocycles. The lowest BCUT2D eigenvalue weighted by atomic mass is 10.1. The van der Waals surface area contributed by atoms with Crippen LogP contribution in [0.2, 0.25) is 0 Å². The molecule has 0 aromatic heterocycles. The number of esters is 1. The van der Waals surface area contributed by atoms with E-state index in [0.29, 0.717) is 23.5 Å². The topological polar surface area (TPSA) is 75.7 Å². The van der Waals surface area contributed by atoms with Crippen LogP contribution >= 0.6 is 11.6 Å². The molecule has 0 saturated heterocycles. The summed E-state index contributed by atoms with van der Waals surface area (Å²) in [6.07, 6.45) is 0.741. The van der Waals surface area contributed by atoms with Crippen molar-refractivity contribution in [2.75, 3.05) is 16.8 Å². The van der Waals surface area contributed by atoms with Crippen molar-refractivity contribution in [3.8, 4) is 0 Å². The Balaban J connectivity index is 1.79. The molecular weight excluding hydrogens is 392 g/mol. The molecule has 29 heavy (non-hydrogen) atoms. The molecule has 0 spiro atoms. The molecule has 1 heterocycles. The van der Waals surface area contributed by atoms with Crippen molar-refractivity contribution in [2.45, 2.75) is 27.2 Å². The summed E-state index contributed by atoms with van der Waals surface area (Å²) in [6.45, 7) is 6.13. The minimum Gasteiger partial charge on any atom is -0.462 e. The van der Waals surface area contributed by atoms with Crippen LogP contribution in [-0.4, -0.2) is 24.4 Å². The lowest BCUT2D eigenvalue weighted by molar-refractivity contribution is -0.120. The predicted octanol–water partition coefficient (Wildman–Crippen LogP) is 4.31. The van der Waals surface area contributed by atoms with E-state index in [4.69, 9.17) is 16.3 Å². The van der Waals surface area contributed by atoms with E-state index < -0.39 is 17.8 Å². The summed E-state index contributed by atoms with van der Waals surface area (Å²) >= 11 is 6.16. The zero-order valence-electron chi connectivity index (χ0n) is 16.4. The van der Waals surface area contributed by atoms with Crippen LogP contribution in [0.5, 0.6) is 0 Å². The number of ether oxygens (including phenoxy) is 1. The number of hydrogen-bond acceptors (Lipinski definition) is 5. The Hall–Kier alpha value is -3.12. The number of nitrogens with one attached hydrogen (secondary N) is 1. The molecule has 0 saturated carbocycles. The fraction of sp³-hybridized carbons (Fsp3) is 0.227. The normalized spacial score (nSPS) is 13.9. The van der Waals surface area contributed by atoms with Gasteiger partial charge in [-0.2, -0.15) is 0 Å². The number of halogens is 1. The van der Waals surface area contributed by atoms with Crippen LogP contribution in [0.1, 0.15) is 34.8 Å². The molecule has 0 radical (unpaired) electrons. The Morgan fingerprint density at radius 2 is 1.72 bits per heavy atom. The Morgan fingerprint density at radius 3 is 2.34 bits per heavy atom. The van der Waals surface area contributed by atoms with E-state index in [1.54, 1.807) is 36.4 Å². The summed E-state index contributed by atoms with van der Waals surface area (Å²) in [6, 6.07) is 11.7. The third-order valence-corrected chi connectivity index (χ3v) is 4.95. The van der Waals surface area contributed by atoms with Crippen molar-refractivity contribution in [1.82, 2.24) is 0 Å². The highest BCUT2D eigenvalue weighted by molar-refractivity contribution is 6.53. The monoisotopic (exact) mass is 412 g/mol. The summed E-state index contributed by atoms with van der Waals surface area (Å²) in [5, 5.41) is 2.71. The highest BCUT2D eigenvalue weighted by atomic mass is 35.5. The Labute approximate surface area is 174 Å². The molecule has 2 amide bonds. The number of imide groups is 1. The van der Waals surface area contributed by atoms with Gasteiger partial charge >= 0.3 is 5.97 Å². The quantitative estimate of drug-likeness (QED) is 0.565. The van der Waals surface area contributed by atoms with Gasteiger partial charge in [-0.05, 0) is 67.8 Å². The molecule has 1 aliphatic rings. The van der Waals surface area contributed by atoms with Crippen LogP contribution in [-0.2, 0) is 14.3 Å². The molecule has 7 heteroatoms. The van der Waals surface area contributed by atoms with Gasteiger partial charge in [-0.15, -0.1) is 0 Å². The molecule has 1 N–H and O–H groups in total.